The van der Waals surface area contributed by atoms with Gasteiger partial charge in [-0.3, -0.25) is 14.4 Å². The molecule has 0 rings (SSSR count). The third kappa shape index (κ3) is 47.3. The molecule has 0 amide bonds. The van der Waals surface area contributed by atoms with E-state index in [1.54, 1.807) is 0 Å². The second-order valence-corrected chi connectivity index (χ2v) is 18.6. The van der Waals surface area contributed by atoms with Crippen LogP contribution in [0.2, 0.25) is 0 Å². The van der Waals surface area contributed by atoms with Gasteiger partial charge in [-0.1, -0.05) is 259 Å². The molecule has 0 spiro atoms. The molecule has 0 aliphatic heterocycles. The molecule has 0 aromatic carbocycles. The maximum Gasteiger partial charge on any atom is 0.306 e. The van der Waals surface area contributed by atoms with Crippen LogP contribution in [0.25, 0.3) is 0 Å². The lowest BCUT2D eigenvalue weighted by Crippen LogP contribution is -2.30. The quantitative estimate of drug-likeness (QED) is 0.0345. The van der Waals surface area contributed by atoms with Crippen LogP contribution in [0.1, 0.15) is 297 Å². The van der Waals surface area contributed by atoms with Crippen molar-refractivity contribution in [3.8, 4) is 0 Å². The van der Waals surface area contributed by atoms with Gasteiger partial charge < -0.3 is 14.2 Å². The second-order valence-electron chi connectivity index (χ2n) is 18.6. The van der Waals surface area contributed by atoms with Gasteiger partial charge in [-0.15, -0.1) is 0 Å². The van der Waals surface area contributed by atoms with E-state index in [9.17, 15) is 14.4 Å². The Morgan fingerprint density at radius 3 is 0.831 bits per heavy atom. The Bertz CT molecular complexity index is 887. The second kappa shape index (κ2) is 47.5. The lowest BCUT2D eigenvalue weighted by molar-refractivity contribution is -0.167. The number of unbranched alkanes of at least 4 members (excludes halogenated alkanes) is 35. The Morgan fingerprint density at radius 2 is 0.559 bits per heavy atom. The molecule has 0 unspecified atom stereocenters. The maximum absolute atomic E-state index is 12.8. The van der Waals surface area contributed by atoms with Crippen LogP contribution in [-0.2, 0) is 28.6 Å². The highest BCUT2D eigenvalue weighted by Gasteiger charge is 2.19. The SMILES string of the molecule is CCCCCCCCCCCCCCC(=O)OC[C@H](COC(=O)CCCCCCCCCCCCC)OC(=O)CCCCCCCCCCCCCCCCCC(C)C. The van der Waals surface area contributed by atoms with Gasteiger partial charge in [0, 0.05) is 19.3 Å². The number of rotatable bonds is 48. The van der Waals surface area contributed by atoms with Crippen LogP contribution < -0.4 is 0 Å². The fourth-order valence-corrected chi connectivity index (χ4v) is 8.04. The summed E-state index contributed by atoms with van der Waals surface area (Å²) in [6.07, 6.45) is 49.4. The van der Waals surface area contributed by atoms with Crippen LogP contribution >= 0.6 is 0 Å². The minimum atomic E-state index is -0.760. The molecule has 0 aromatic rings. The first-order valence-corrected chi connectivity index (χ1v) is 26.4. The zero-order valence-corrected chi connectivity index (χ0v) is 40.2. The summed E-state index contributed by atoms with van der Waals surface area (Å²) in [5, 5.41) is 0. The van der Waals surface area contributed by atoms with E-state index in [0.29, 0.717) is 19.3 Å². The van der Waals surface area contributed by atoms with E-state index in [-0.39, 0.29) is 31.1 Å². The van der Waals surface area contributed by atoms with E-state index >= 15 is 0 Å². The maximum atomic E-state index is 12.8. The summed E-state index contributed by atoms with van der Waals surface area (Å²) in [6.45, 7) is 9.03. The Kier molecular flexibility index (Phi) is 46.2. The Labute approximate surface area is 368 Å². The highest BCUT2D eigenvalue weighted by Crippen LogP contribution is 2.17. The monoisotopic (exact) mass is 835 g/mol. The van der Waals surface area contributed by atoms with Crippen LogP contribution in [-0.4, -0.2) is 37.2 Å². The largest absolute Gasteiger partial charge is 0.462 e. The van der Waals surface area contributed by atoms with Gasteiger partial charge in [-0.25, -0.2) is 0 Å². The zero-order valence-electron chi connectivity index (χ0n) is 40.2. The van der Waals surface area contributed by atoms with Crippen molar-refractivity contribution in [2.75, 3.05) is 13.2 Å². The first kappa shape index (κ1) is 57.4. The fraction of sp³-hybridized carbons (Fsp3) is 0.943. The van der Waals surface area contributed by atoms with Gasteiger partial charge in [0.25, 0.3) is 0 Å². The standard InChI is InChI=1S/C53H102O6/c1-5-7-9-11-13-15-17-25-29-33-37-41-45-52(55)58-48-50(47-57-51(54)44-40-36-32-28-23-16-14-12-10-8-6-2)59-53(56)46-42-38-34-30-26-22-20-18-19-21-24-27-31-35-39-43-49(3)4/h49-50H,5-48H2,1-4H3/t50-/m0/s1. The minimum Gasteiger partial charge on any atom is -0.462 e. The summed E-state index contributed by atoms with van der Waals surface area (Å²) in [5.74, 6) is 0.00470. The Morgan fingerprint density at radius 1 is 0.322 bits per heavy atom. The topological polar surface area (TPSA) is 78.9 Å². The average molecular weight is 835 g/mol. The first-order chi connectivity index (χ1) is 28.9. The molecule has 0 saturated heterocycles. The highest BCUT2D eigenvalue weighted by atomic mass is 16.6. The van der Waals surface area contributed by atoms with Gasteiger partial charge in [0.15, 0.2) is 6.10 Å². The van der Waals surface area contributed by atoms with Gasteiger partial charge in [-0.2, -0.15) is 0 Å². The van der Waals surface area contributed by atoms with E-state index < -0.39 is 6.10 Å². The van der Waals surface area contributed by atoms with Gasteiger partial charge in [0.2, 0.25) is 0 Å². The highest BCUT2D eigenvalue weighted by molar-refractivity contribution is 5.71. The van der Waals surface area contributed by atoms with E-state index in [0.717, 1.165) is 63.7 Å². The van der Waals surface area contributed by atoms with Crippen molar-refractivity contribution < 1.29 is 28.6 Å². The molecule has 0 aromatic heterocycles. The van der Waals surface area contributed by atoms with Crippen LogP contribution in [0.3, 0.4) is 0 Å². The van der Waals surface area contributed by atoms with Crippen molar-refractivity contribution in [1.29, 1.82) is 0 Å². The molecule has 0 heterocycles. The predicted molar refractivity (Wildman–Crippen MR) is 252 cm³/mol. The zero-order chi connectivity index (χ0) is 43.1. The Balaban J connectivity index is 4.27. The predicted octanol–water partition coefficient (Wildman–Crippen LogP) is 17.1. The molecular weight excluding hydrogens is 733 g/mol. The number of esters is 3. The van der Waals surface area contributed by atoms with Crippen molar-refractivity contribution in [3.63, 3.8) is 0 Å². The molecule has 350 valence electrons. The molecule has 6 nitrogen and oxygen atoms in total. The van der Waals surface area contributed by atoms with Crippen LogP contribution in [0.4, 0.5) is 0 Å². The molecular formula is C53H102O6. The summed E-state index contributed by atoms with van der Waals surface area (Å²) < 4.78 is 16.8. The van der Waals surface area contributed by atoms with Crippen LogP contribution in [0.5, 0.6) is 0 Å². The van der Waals surface area contributed by atoms with Crippen LogP contribution in [0.15, 0.2) is 0 Å². The number of carbonyl (C=O) groups excluding carboxylic acids is 3. The summed E-state index contributed by atoms with van der Waals surface area (Å²) in [4.78, 5) is 37.9. The summed E-state index contributed by atoms with van der Waals surface area (Å²) in [7, 11) is 0. The van der Waals surface area contributed by atoms with Gasteiger partial charge in [0.1, 0.15) is 13.2 Å². The third-order valence-electron chi connectivity index (χ3n) is 12.0. The van der Waals surface area contributed by atoms with Gasteiger partial charge in [-0.05, 0) is 25.2 Å². The smallest absolute Gasteiger partial charge is 0.306 e. The van der Waals surface area contributed by atoms with Crippen molar-refractivity contribution in [1.82, 2.24) is 0 Å². The van der Waals surface area contributed by atoms with Gasteiger partial charge >= 0.3 is 17.9 Å². The number of ether oxygens (including phenoxy) is 3. The third-order valence-corrected chi connectivity index (χ3v) is 12.0. The number of carbonyl (C=O) groups is 3. The van der Waals surface area contributed by atoms with E-state index in [4.69, 9.17) is 14.2 Å². The van der Waals surface area contributed by atoms with E-state index in [1.807, 2.05) is 0 Å². The molecule has 0 N–H and O–H groups in total. The molecule has 0 fully saturated rings. The lowest BCUT2D eigenvalue weighted by atomic mass is 10.0. The molecule has 1 atom stereocenters. The van der Waals surface area contributed by atoms with Gasteiger partial charge in [0.05, 0.1) is 0 Å². The molecule has 0 aliphatic rings. The Hall–Kier alpha value is -1.59. The van der Waals surface area contributed by atoms with Crippen molar-refractivity contribution in [2.24, 2.45) is 5.92 Å². The minimum absolute atomic E-state index is 0.0625. The normalized spacial score (nSPS) is 11.9. The number of hydrogen-bond acceptors (Lipinski definition) is 6. The van der Waals surface area contributed by atoms with E-state index in [2.05, 4.69) is 27.7 Å². The first-order valence-electron chi connectivity index (χ1n) is 26.4. The molecule has 0 bridgehead atoms. The fourth-order valence-electron chi connectivity index (χ4n) is 8.04. The van der Waals surface area contributed by atoms with E-state index in [1.165, 1.54) is 193 Å². The lowest BCUT2D eigenvalue weighted by Gasteiger charge is -2.18. The molecule has 6 heteroatoms. The average Bonchev–Trinajstić information content (AvgIpc) is 3.22. The molecule has 59 heavy (non-hydrogen) atoms. The summed E-state index contributed by atoms with van der Waals surface area (Å²) in [6, 6.07) is 0. The summed E-state index contributed by atoms with van der Waals surface area (Å²) in [5.41, 5.74) is 0. The number of hydrogen-bond donors (Lipinski definition) is 0. The van der Waals surface area contributed by atoms with Crippen molar-refractivity contribution >= 4 is 17.9 Å². The summed E-state index contributed by atoms with van der Waals surface area (Å²) >= 11 is 0. The van der Waals surface area contributed by atoms with Crippen LogP contribution in [0, 0.1) is 5.92 Å². The van der Waals surface area contributed by atoms with Crippen molar-refractivity contribution in [3.05, 3.63) is 0 Å². The molecule has 0 aliphatic carbocycles. The molecule has 0 saturated carbocycles. The molecule has 0 radical (unpaired) electrons. The van der Waals surface area contributed by atoms with Crippen molar-refractivity contribution in [2.45, 2.75) is 303 Å².